The van der Waals surface area contributed by atoms with Crippen molar-refractivity contribution in [2.45, 2.75) is 0 Å². The number of carbonyl (C=O) groups is 1. The third-order valence-electron chi connectivity index (χ3n) is 2.68. The van der Waals surface area contributed by atoms with Gasteiger partial charge in [-0.25, -0.2) is 9.10 Å². The SMILES string of the molecule is Cn1nc(Br)c(N(c2ccc(Cl)cc2)S(=O)(=O)O)c1C(=O)O. The molecule has 118 valence electrons. The van der Waals surface area contributed by atoms with E-state index in [4.69, 9.17) is 11.6 Å². The molecule has 0 saturated carbocycles. The normalized spacial score (nSPS) is 11.5. The Kier molecular flexibility index (Phi) is 4.47. The first kappa shape index (κ1) is 16.7. The molecule has 2 N–H and O–H groups in total. The average molecular weight is 411 g/mol. The van der Waals surface area contributed by atoms with Gasteiger partial charge in [0.15, 0.2) is 10.3 Å². The Morgan fingerprint density at radius 1 is 1.36 bits per heavy atom. The second kappa shape index (κ2) is 5.88. The van der Waals surface area contributed by atoms with Crippen LogP contribution in [0.5, 0.6) is 0 Å². The summed E-state index contributed by atoms with van der Waals surface area (Å²) >= 11 is 8.75. The van der Waals surface area contributed by atoms with Crippen molar-refractivity contribution in [2.75, 3.05) is 4.31 Å². The van der Waals surface area contributed by atoms with Gasteiger partial charge in [0, 0.05) is 12.1 Å². The van der Waals surface area contributed by atoms with Crippen molar-refractivity contribution in [3.63, 3.8) is 0 Å². The van der Waals surface area contributed by atoms with Crippen LogP contribution in [0.2, 0.25) is 5.02 Å². The molecule has 0 saturated heterocycles. The molecule has 0 aliphatic heterocycles. The van der Waals surface area contributed by atoms with E-state index in [2.05, 4.69) is 21.0 Å². The van der Waals surface area contributed by atoms with Crippen LogP contribution < -0.4 is 4.31 Å². The minimum Gasteiger partial charge on any atom is -0.476 e. The number of aromatic nitrogens is 2. The van der Waals surface area contributed by atoms with Crippen molar-refractivity contribution in [2.24, 2.45) is 7.05 Å². The number of aryl methyl sites for hydroxylation is 1. The van der Waals surface area contributed by atoms with Gasteiger partial charge in [-0.3, -0.25) is 9.23 Å². The molecular formula is C11H9BrClN3O5S. The lowest BCUT2D eigenvalue weighted by Crippen LogP contribution is -2.27. The second-order valence-electron chi connectivity index (χ2n) is 4.14. The first-order valence-electron chi connectivity index (χ1n) is 5.62. The molecule has 2 rings (SSSR count). The predicted molar refractivity (Wildman–Crippen MR) is 83.0 cm³/mol. The van der Waals surface area contributed by atoms with Crippen LogP contribution in [0.3, 0.4) is 0 Å². The number of rotatable bonds is 4. The molecule has 11 heteroatoms. The Bertz CT molecular complexity index is 834. The number of hydrogen-bond donors (Lipinski definition) is 2. The van der Waals surface area contributed by atoms with Crippen LogP contribution in [0.4, 0.5) is 11.4 Å². The highest BCUT2D eigenvalue weighted by Crippen LogP contribution is 2.37. The van der Waals surface area contributed by atoms with Gasteiger partial charge in [-0.1, -0.05) is 11.6 Å². The van der Waals surface area contributed by atoms with E-state index in [0.29, 0.717) is 9.33 Å². The maximum absolute atomic E-state index is 11.8. The zero-order valence-electron chi connectivity index (χ0n) is 10.9. The summed E-state index contributed by atoms with van der Waals surface area (Å²) in [6.07, 6.45) is 0. The molecule has 0 aliphatic rings. The highest BCUT2D eigenvalue weighted by Gasteiger charge is 2.32. The van der Waals surface area contributed by atoms with E-state index in [1.54, 1.807) is 0 Å². The third-order valence-corrected chi connectivity index (χ3v) is 4.32. The molecule has 0 bridgehead atoms. The van der Waals surface area contributed by atoms with Gasteiger partial charge in [0.25, 0.3) is 0 Å². The van der Waals surface area contributed by atoms with Gasteiger partial charge < -0.3 is 5.11 Å². The highest BCUT2D eigenvalue weighted by molar-refractivity contribution is 9.10. The van der Waals surface area contributed by atoms with E-state index in [9.17, 15) is 22.9 Å². The quantitative estimate of drug-likeness (QED) is 0.749. The van der Waals surface area contributed by atoms with E-state index in [0.717, 1.165) is 4.68 Å². The number of hydrogen-bond acceptors (Lipinski definition) is 4. The summed E-state index contributed by atoms with van der Waals surface area (Å²) in [5, 5.41) is 13.4. The molecule has 0 fully saturated rings. The van der Waals surface area contributed by atoms with Gasteiger partial charge in [0.1, 0.15) is 5.69 Å². The van der Waals surface area contributed by atoms with Gasteiger partial charge in [-0.2, -0.15) is 13.5 Å². The Balaban J connectivity index is 2.77. The van der Waals surface area contributed by atoms with Crippen molar-refractivity contribution in [1.29, 1.82) is 0 Å². The molecule has 1 heterocycles. The molecule has 0 atom stereocenters. The number of aromatic carboxylic acids is 1. The molecule has 8 nitrogen and oxygen atoms in total. The molecular weight excluding hydrogens is 402 g/mol. The molecule has 22 heavy (non-hydrogen) atoms. The van der Waals surface area contributed by atoms with Gasteiger partial charge in [0.05, 0.1) is 5.69 Å². The lowest BCUT2D eigenvalue weighted by Gasteiger charge is -2.20. The predicted octanol–water partition coefficient (Wildman–Crippen LogP) is 2.48. The molecule has 0 radical (unpaired) electrons. The Morgan fingerprint density at radius 2 is 1.91 bits per heavy atom. The first-order valence-corrected chi connectivity index (χ1v) is 8.19. The third kappa shape index (κ3) is 3.09. The number of benzene rings is 1. The minimum atomic E-state index is -4.81. The smallest absolute Gasteiger partial charge is 0.364 e. The van der Waals surface area contributed by atoms with E-state index < -0.39 is 22.0 Å². The van der Waals surface area contributed by atoms with E-state index in [1.165, 1.54) is 31.3 Å². The van der Waals surface area contributed by atoms with Crippen LogP contribution in [0.25, 0.3) is 0 Å². The zero-order valence-corrected chi connectivity index (χ0v) is 14.1. The molecule has 0 amide bonds. The zero-order chi connectivity index (χ0) is 16.7. The lowest BCUT2D eigenvalue weighted by molar-refractivity contribution is 0.0686. The summed E-state index contributed by atoms with van der Waals surface area (Å²) in [4.78, 5) is 11.4. The van der Waals surface area contributed by atoms with Gasteiger partial charge >= 0.3 is 16.3 Å². The summed E-state index contributed by atoms with van der Waals surface area (Å²) in [6.45, 7) is 0. The van der Waals surface area contributed by atoms with Crippen LogP contribution in [-0.4, -0.2) is 33.8 Å². The van der Waals surface area contributed by atoms with Gasteiger partial charge in [0.2, 0.25) is 0 Å². The van der Waals surface area contributed by atoms with E-state index in [1.807, 2.05) is 0 Å². The lowest BCUT2D eigenvalue weighted by atomic mass is 10.3. The van der Waals surface area contributed by atoms with Crippen LogP contribution in [0, 0.1) is 0 Å². The number of carboxylic acid groups (broad SMARTS) is 1. The van der Waals surface area contributed by atoms with Gasteiger partial charge in [-0.15, -0.1) is 0 Å². The Morgan fingerprint density at radius 3 is 2.36 bits per heavy atom. The topological polar surface area (TPSA) is 113 Å². The maximum atomic E-state index is 11.8. The highest BCUT2D eigenvalue weighted by atomic mass is 79.9. The fourth-order valence-corrected chi connectivity index (χ4v) is 3.49. The van der Waals surface area contributed by atoms with Crippen molar-refractivity contribution < 1.29 is 22.9 Å². The number of carboxylic acids is 1. The molecule has 2 aromatic rings. The summed E-state index contributed by atoms with van der Waals surface area (Å²) < 4.78 is 34.4. The fraction of sp³-hybridized carbons (Fsp3) is 0.0909. The van der Waals surface area contributed by atoms with Crippen LogP contribution in [0.1, 0.15) is 10.5 Å². The van der Waals surface area contributed by atoms with E-state index in [-0.39, 0.29) is 16.0 Å². The van der Waals surface area contributed by atoms with E-state index >= 15 is 0 Å². The van der Waals surface area contributed by atoms with Crippen molar-refractivity contribution in [1.82, 2.24) is 9.78 Å². The second-order valence-corrected chi connectivity index (χ2v) is 6.58. The van der Waals surface area contributed by atoms with Crippen molar-refractivity contribution in [3.8, 4) is 0 Å². The number of nitrogens with zero attached hydrogens (tertiary/aromatic N) is 3. The van der Waals surface area contributed by atoms with Crippen molar-refractivity contribution >= 4 is 55.2 Å². The number of anilines is 2. The monoisotopic (exact) mass is 409 g/mol. The fourth-order valence-electron chi connectivity index (χ4n) is 1.85. The minimum absolute atomic E-state index is 0.00287. The van der Waals surface area contributed by atoms with Crippen LogP contribution in [0.15, 0.2) is 28.9 Å². The molecule has 0 unspecified atom stereocenters. The summed E-state index contributed by atoms with van der Waals surface area (Å²) in [7, 11) is -3.47. The van der Waals surface area contributed by atoms with Crippen molar-refractivity contribution in [3.05, 3.63) is 39.6 Å². The summed E-state index contributed by atoms with van der Waals surface area (Å²) in [5.74, 6) is -1.40. The molecule has 1 aromatic carbocycles. The number of halogens is 2. The largest absolute Gasteiger partial charge is 0.476 e. The Labute approximate surface area is 138 Å². The standard InChI is InChI=1S/C11H9BrClN3O5S/c1-15-9(11(17)18)8(10(12)14-15)16(22(19,20)21)7-4-2-6(13)3-5-7/h2-5H,1H3,(H,17,18)(H,19,20,21). The molecule has 0 aliphatic carbocycles. The van der Waals surface area contributed by atoms with Gasteiger partial charge in [-0.05, 0) is 40.2 Å². The Hall–Kier alpha value is -1.62. The average Bonchev–Trinajstić information content (AvgIpc) is 2.65. The molecule has 0 spiro atoms. The molecule has 1 aromatic heterocycles. The van der Waals surface area contributed by atoms with Crippen LogP contribution >= 0.6 is 27.5 Å². The summed E-state index contributed by atoms with van der Waals surface area (Å²) in [5.41, 5.74) is -0.734. The van der Waals surface area contributed by atoms with Crippen LogP contribution in [-0.2, 0) is 17.4 Å². The summed E-state index contributed by atoms with van der Waals surface area (Å²) in [6, 6.07) is 5.45. The maximum Gasteiger partial charge on any atom is 0.364 e. The first-order chi connectivity index (χ1) is 10.1.